The minimum Gasteiger partial charge on any atom is -0.354 e. The van der Waals surface area contributed by atoms with Crippen molar-refractivity contribution < 1.29 is 19.1 Å². The molecular formula is C27H54N4O4. The molecule has 8 heteroatoms. The molecule has 0 aromatic heterocycles. The third-order valence-corrected chi connectivity index (χ3v) is 5.94. The van der Waals surface area contributed by atoms with Gasteiger partial charge in [-0.05, 0) is 73.8 Å². The summed E-state index contributed by atoms with van der Waals surface area (Å²) in [7, 11) is 0. The minimum absolute atomic E-state index is 0.0111. The molecule has 1 fully saturated rings. The molecule has 0 aromatic rings. The fourth-order valence-electron chi connectivity index (χ4n) is 4.05. The first-order chi connectivity index (χ1) is 16.4. The zero-order valence-corrected chi connectivity index (χ0v) is 23.4. The average molecular weight is 499 g/mol. The van der Waals surface area contributed by atoms with Crippen LogP contribution in [0.3, 0.4) is 0 Å². The largest absolute Gasteiger partial charge is 0.354 e. The fraction of sp³-hybridized carbons (Fsp3) is 0.926. The molecule has 2 amide bonds. The van der Waals surface area contributed by atoms with Crippen LogP contribution in [0.5, 0.6) is 0 Å². The summed E-state index contributed by atoms with van der Waals surface area (Å²) in [5, 5.41) is 12.7. The van der Waals surface area contributed by atoms with E-state index in [4.69, 9.17) is 9.47 Å². The standard InChI is InChI=1S/C27H54N4O4/c1-25(2,3)30-17-12-7-9-13-23(32)28-19-21-34-27(15-10-8-11-16-27)35-22-20-29-24(33)14-18-31-26(4,5)6/h30-31H,7-22H2,1-6H3,(H,28,32)(H,29,33). The second-order valence-electron chi connectivity index (χ2n) is 11.8. The highest BCUT2D eigenvalue weighted by molar-refractivity contribution is 5.76. The highest BCUT2D eigenvalue weighted by atomic mass is 16.7. The molecule has 0 radical (unpaired) electrons. The van der Waals surface area contributed by atoms with Gasteiger partial charge in [0.2, 0.25) is 11.8 Å². The molecule has 0 aliphatic heterocycles. The summed E-state index contributed by atoms with van der Waals surface area (Å²) in [5.41, 5.74) is 0.158. The Hall–Kier alpha value is -1.22. The third-order valence-electron chi connectivity index (χ3n) is 5.94. The van der Waals surface area contributed by atoms with Gasteiger partial charge in [-0.1, -0.05) is 12.8 Å². The van der Waals surface area contributed by atoms with Crippen molar-refractivity contribution in [2.45, 2.75) is 123 Å². The van der Waals surface area contributed by atoms with Crippen LogP contribution in [0.25, 0.3) is 0 Å². The van der Waals surface area contributed by atoms with E-state index < -0.39 is 5.79 Å². The highest BCUT2D eigenvalue weighted by Crippen LogP contribution is 2.32. The SMILES string of the molecule is CC(C)(C)NCCCCCC(=O)NCCOC1(OCCNC(=O)CCNC(C)(C)C)CCCCC1. The van der Waals surface area contributed by atoms with Crippen molar-refractivity contribution in [3.63, 3.8) is 0 Å². The van der Waals surface area contributed by atoms with Crippen molar-refractivity contribution in [2.24, 2.45) is 0 Å². The Morgan fingerprint density at radius 2 is 1.17 bits per heavy atom. The zero-order chi connectivity index (χ0) is 26.2. The maximum absolute atomic E-state index is 12.1. The van der Waals surface area contributed by atoms with Crippen LogP contribution >= 0.6 is 0 Å². The quantitative estimate of drug-likeness (QED) is 0.180. The molecule has 0 aromatic carbocycles. The van der Waals surface area contributed by atoms with Crippen LogP contribution in [0.2, 0.25) is 0 Å². The molecule has 0 heterocycles. The van der Waals surface area contributed by atoms with Crippen molar-refractivity contribution in [2.75, 3.05) is 39.4 Å². The lowest BCUT2D eigenvalue weighted by atomic mass is 9.94. The van der Waals surface area contributed by atoms with Crippen LogP contribution in [-0.2, 0) is 19.1 Å². The normalized spacial score (nSPS) is 16.2. The van der Waals surface area contributed by atoms with E-state index >= 15 is 0 Å². The number of carbonyl (C=O) groups excluding carboxylic acids is 2. The van der Waals surface area contributed by atoms with Gasteiger partial charge in [0.15, 0.2) is 5.79 Å². The van der Waals surface area contributed by atoms with E-state index in [2.05, 4.69) is 62.8 Å². The summed E-state index contributed by atoms with van der Waals surface area (Å²) >= 11 is 0. The number of unbranched alkanes of at least 4 members (excludes halogenated alkanes) is 2. The van der Waals surface area contributed by atoms with Crippen molar-refractivity contribution >= 4 is 11.8 Å². The molecular weight excluding hydrogens is 444 g/mol. The van der Waals surface area contributed by atoms with E-state index in [1.807, 2.05) is 0 Å². The maximum atomic E-state index is 12.1. The maximum Gasteiger partial charge on any atom is 0.221 e. The lowest BCUT2D eigenvalue weighted by molar-refractivity contribution is -0.250. The smallest absolute Gasteiger partial charge is 0.221 e. The van der Waals surface area contributed by atoms with Gasteiger partial charge in [-0.15, -0.1) is 0 Å². The summed E-state index contributed by atoms with van der Waals surface area (Å²) < 4.78 is 12.3. The molecule has 35 heavy (non-hydrogen) atoms. The predicted octanol–water partition coefficient (Wildman–Crippen LogP) is 3.64. The van der Waals surface area contributed by atoms with E-state index in [0.29, 0.717) is 45.7 Å². The number of rotatable bonds is 17. The summed E-state index contributed by atoms with van der Waals surface area (Å²) in [6.07, 6.45) is 9.09. The van der Waals surface area contributed by atoms with Crippen LogP contribution in [0.1, 0.15) is 106 Å². The van der Waals surface area contributed by atoms with E-state index in [1.165, 1.54) is 6.42 Å². The molecule has 1 aliphatic carbocycles. The summed E-state index contributed by atoms with van der Waals surface area (Å²) in [5.74, 6) is -0.488. The van der Waals surface area contributed by atoms with Gasteiger partial charge in [0.25, 0.3) is 0 Å². The van der Waals surface area contributed by atoms with Crippen molar-refractivity contribution in [1.29, 1.82) is 0 Å². The fourth-order valence-corrected chi connectivity index (χ4v) is 4.05. The number of amides is 2. The number of ether oxygens (including phenoxy) is 2. The number of hydrogen-bond donors (Lipinski definition) is 4. The molecule has 0 spiro atoms. The predicted molar refractivity (Wildman–Crippen MR) is 142 cm³/mol. The molecule has 206 valence electrons. The van der Waals surface area contributed by atoms with Gasteiger partial charge in [0, 0.05) is 56.4 Å². The van der Waals surface area contributed by atoms with Crippen LogP contribution < -0.4 is 21.3 Å². The van der Waals surface area contributed by atoms with Crippen LogP contribution in [-0.4, -0.2) is 68.1 Å². The summed E-state index contributed by atoms with van der Waals surface area (Å²) in [6, 6.07) is 0. The first-order valence-corrected chi connectivity index (χ1v) is 13.7. The van der Waals surface area contributed by atoms with Gasteiger partial charge < -0.3 is 30.7 Å². The van der Waals surface area contributed by atoms with E-state index in [1.54, 1.807) is 0 Å². The third kappa shape index (κ3) is 17.8. The Morgan fingerprint density at radius 1 is 0.657 bits per heavy atom. The van der Waals surface area contributed by atoms with Crippen LogP contribution in [0.4, 0.5) is 0 Å². The highest BCUT2D eigenvalue weighted by Gasteiger charge is 2.33. The van der Waals surface area contributed by atoms with Gasteiger partial charge in [0.1, 0.15) is 0 Å². The van der Waals surface area contributed by atoms with Crippen molar-refractivity contribution in [1.82, 2.24) is 21.3 Å². The van der Waals surface area contributed by atoms with Gasteiger partial charge in [-0.25, -0.2) is 0 Å². The van der Waals surface area contributed by atoms with Gasteiger partial charge in [-0.2, -0.15) is 0 Å². The molecule has 4 N–H and O–H groups in total. The Balaban J connectivity index is 2.18. The van der Waals surface area contributed by atoms with Gasteiger partial charge in [0.05, 0.1) is 13.2 Å². The van der Waals surface area contributed by atoms with Crippen LogP contribution in [0, 0.1) is 0 Å². The van der Waals surface area contributed by atoms with Crippen molar-refractivity contribution in [3.8, 4) is 0 Å². The number of carbonyl (C=O) groups is 2. The molecule has 0 unspecified atom stereocenters. The molecule has 0 atom stereocenters. The first kappa shape index (κ1) is 31.8. The Morgan fingerprint density at radius 3 is 1.71 bits per heavy atom. The van der Waals surface area contributed by atoms with E-state index in [-0.39, 0.29) is 22.9 Å². The minimum atomic E-state index is -0.596. The average Bonchev–Trinajstić information content (AvgIpc) is 2.76. The lowest BCUT2D eigenvalue weighted by Gasteiger charge is -2.37. The topological polar surface area (TPSA) is 101 Å². The monoisotopic (exact) mass is 498 g/mol. The summed E-state index contributed by atoms with van der Waals surface area (Å²) in [4.78, 5) is 24.1. The summed E-state index contributed by atoms with van der Waals surface area (Å²) in [6.45, 7) is 16.2. The van der Waals surface area contributed by atoms with Crippen molar-refractivity contribution in [3.05, 3.63) is 0 Å². The second-order valence-corrected chi connectivity index (χ2v) is 11.8. The Kier molecular flexibility index (Phi) is 15.0. The van der Waals surface area contributed by atoms with E-state index in [9.17, 15) is 9.59 Å². The zero-order valence-electron chi connectivity index (χ0n) is 23.4. The first-order valence-electron chi connectivity index (χ1n) is 13.7. The molecule has 1 aliphatic rings. The molecule has 0 bridgehead atoms. The van der Waals surface area contributed by atoms with Gasteiger partial charge >= 0.3 is 0 Å². The van der Waals surface area contributed by atoms with Crippen LogP contribution in [0.15, 0.2) is 0 Å². The Bertz CT molecular complexity index is 593. The van der Waals surface area contributed by atoms with Gasteiger partial charge in [-0.3, -0.25) is 9.59 Å². The molecule has 0 saturated heterocycles. The number of nitrogens with one attached hydrogen (secondary N) is 4. The molecule has 8 nitrogen and oxygen atoms in total. The molecule has 1 rings (SSSR count). The molecule has 1 saturated carbocycles. The number of hydrogen-bond acceptors (Lipinski definition) is 6. The Labute approximate surface area is 214 Å². The van der Waals surface area contributed by atoms with E-state index in [0.717, 1.165) is 51.5 Å². The lowest BCUT2D eigenvalue weighted by Crippen LogP contribution is -2.42. The second kappa shape index (κ2) is 16.5.